The highest BCUT2D eigenvalue weighted by Gasteiger charge is 2.20. The van der Waals surface area contributed by atoms with E-state index in [4.69, 9.17) is 23.2 Å². The molecule has 5 heteroatoms. The zero-order valence-corrected chi connectivity index (χ0v) is 11.1. The lowest BCUT2D eigenvalue weighted by Gasteiger charge is -2.15. The van der Waals surface area contributed by atoms with Crippen LogP contribution < -0.4 is 0 Å². The van der Waals surface area contributed by atoms with Gasteiger partial charge in [-0.25, -0.2) is 0 Å². The lowest BCUT2D eigenvalue weighted by atomic mass is 10.0. The number of aliphatic hydroxyl groups excluding tert-OH is 1. The summed E-state index contributed by atoms with van der Waals surface area (Å²) in [5.41, 5.74) is 1.57. The van der Waals surface area contributed by atoms with E-state index in [1.807, 2.05) is 6.92 Å². The van der Waals surface area contributed by atoms with E-state index in [-0.39, 0.29) is 21.4 Å². The number of halogens is 2. The van der Waals surface area contributed by atoms with Gasteiger partial charge in [-0.3, -0.25) is 4.98 Å². The number of phenols is 1. The molecule has 0 saturated carbocycles. The maximum Gasteiger partial charge on any atom is 0.123 e. The molecule has 3 nitrogen and oxygen atoms in total. The molecule has 0 aliphatic rings. The second-order valence-corrected chi connectivity index (χ2v) is 4.71. The number of aryl methyl sites for hydroxylation is 1. The number of nitrogens with zero attached hydrogens (tertiary/aromatic N) is 1. The Morgan fingerprint density at radius 3 is 2.61 bits per heavy atom. The van der Waals surface area contributed by atoms with Crippen LogP contribution >= 0.6 is 23.2 Å². The van der Waals surface area contributed by atoms with Gasteiger partial charge in [0.1, 0.15) is 11.9 Å². The summed E-state index contributed by atoms with van der Waals surface area (Å²) in [5.74, 6) is -0.0913. The van der Waals surface area contributed by atoms with Crippen LogP contribution in [0.4, 0.5) is 0 Å². The minimum Gasteiger partial charge on any atom is -0.508 e. The molecule has 1 unspecified atom stereocenters. The van der Waals surface area contributed by atoms with Gasteiger partial charge in [0.15, 0.2) is 0 Å². The first-order chi connectivity index (χ1) is 8.50. The highest BCUT2D eigenvalue weighted by atomic mass is 35.5. The molecule has 0 saturated heterocycles. The lowest BCUT2D eigenvalue weighted by Crippen LogP contribution is -2.02. The average Bonchev–Trinajstić information content (AvgIpc) is 2.34. The van der Waals surface area contributed by atoms with Crippen molar-refractivity contribution >= 4 is 23.2 Å². The maximum atomic E-state index is 10.3. The number of aromatic hydroxyl groups is 1. The maximum absolute atomic E-state index is 10.3. The topological polar surface area (TPSA) is 53.4 Å². The molecule has 0 amide bonds. The van der Waals surface area contributed by atoms with Crippen LogP contribution in [0.5, 0.6) is 5.75 Å². The van der Waals surface area contributed by atoms with Crippen molar-refractivity contribution in [3.63, 3.8) is 0 Å². The minimum atomic E-state index is -1.04. The van der Waals surface area contributed by atoms with E-state index < -0.39 is 6.10 Å². The van der Waals surface area contributed by atoms with Crippen LogP contribution in [-0.2, 0) is 0 Å². The van der Waals surface area contributed by atoms with E-state index in [1.54, 1.807) is 18.3 Å². The molecule has 0 aliphatic carbocycles. The molecule has 0 radical (unpaired) electrons. The van der Waals surface area contributed by atoms with Crippen LogP contribution in [-0.4, -0.2) is 15.2 Å². The molecule has 18 heavy (non-hydrogen) atoms. The van der Waals surface area contributed by atoms with Gasteiger partial charge in [-0.1, -0.05) is 23.2 Å². The van der Waals surface area contributed by atoms with Crippen LogP contribution in [0.3, 0.4) is 0 Å². The summed E-state index contributed by atoms with van der Waals surface area (Å²) in [6.07, 6.45) is 0.543. The molecule has 94 valence electrons. The van der Waals surface area contributed by atoms with Crippen molar-refractivity contribution < 1.29 is 10.2 Å². The largest absolute Gasteiger partial charge is 0.508 e. The second-order valence-electron chi connectivity index (χ2n) is 3.93. The van der Waals surface area contributed by atoms with Gasteiger partial charge in [-0.15, -0.1) is 0 Å². The Bertz CT molecular complexity index is 587. The van der Waals surface area contributed by atoms with Crippen molar-refractivity contribution in [2.75, 3.05) is 0 Å². The Labute approximate surface area is 115 Å². The van der Waals surface area contributed by atoms with Crippen LogP contribution in [0.15, 0.2) is 30.5 Å². The van der Waals surface area contributed by atoms with Crippen LogP contribution in [0, 0.1) is 6.92 Å². The average molecular weight is 284 g/mol. The molecular weight excluding hydrogens is 273 g/mol. The summed E-state index contributed by atoms with van der Waals surface area (Å²) < 4.78 is 0. The summed E-state index contributed by atoms with van der Waals surface area (Å²) in [6.45, 7) is 1.82. The monoisotopic (exact) mass is 283 g/mol. The van der Waals surface area contributed by atoms with Gasteiger partial charge < -0.3 is 10.2 Å². The Morgan fingerprint density at radius 2 is 1.94 bits per heavy atom. The van der Waals surface area contributed by atoms with Crippen molar-refractivity contribution in [2.45, 2.75) is 13.0 Å². The van der Waals surface area contributed by atoms with Crippen LogP contribution in [0.25, 0.3) is 0 Å². The van der Waals surface area contributed by atoms with Crippen molar-refractivity contribution in [1.29, 1.82) is 0 Å². The molecule has 1 heterocycles. The summed E-state index contributed by atoms with van der Waals surface area (Å²) in [6, 6.07) is 6.27. The summed E-state index contributed by atoms with van der Waals surface area (Å²) in [7, 11) is 0. The van der Waals surface area contributed by atoms with Gasteiger partial charge in [-0.2, -0.15) is 0 Å². The van der Waals surface area contributed by atoms with Crippen molar-refractivity contribution in [3.05, 3.63) is 57.3 Å². The number of rotatable bonds is 2. The fourth-order valence-corrected chi connectivity index (χ4v) is 2.15. The third-order valence-corrected chi connectivity index (χ3v) is 3.44. The zero-order chi connectivity index (χ0) is 13.3. The van der Waals surface area contributed by atoms with E-state index >= 15 is 0 Å². The van der Waals surface area contributed by atoms with E-state index in [1.165, 1.54) is 12.1 Å². The second kappa shape index (κ2) is 5.14. The van der Waals surface area contributed by atoms with Gasteiger partial charge in [0.05, 0.1) is 10.0 Å². The molecule has 0 bridgehead atoms. The molecule has 0 fully saturated rings. The smallest absolute Gasteiger partial charge is 0.123 e. The summed E-state index contributed by atoms with van der Waals surface area (Å²) in [4.78, 5) is 4.05. The molecular formula is C13H11Cl2NO2. The zero-order valence-electron chi connectivity index (χ0n) is 9.56. The number of pyridine rings is 1. The number of phenolic OH excluding ortho intramolecular Hbond substituents is 1. The van der Waals surface area contributed by atoms with E-state index in [0.29, 0.717) is 5.56 Å². The normalized spacial score (nSPS) is 12.4. The van der Waals surface area contributed by atoms with E-state index in [9.17, 15) is 10.2 Å². The number of hydrogen-bond donors (Lipinski definition) is 2. The van der Waals surface area contributed by atoms with Gasteiger partial charge in [0.2, 0.25) is 0 Å². The fraction of sp³-hybridized carbons (Fsp3) is 0.154. The lowest BCUT2D eigenvalue weighted by molar-refractivity contribution is 0.215. The summed E-state index contributed by atoms with van der Waals surface area (Å²) >= 11 is 11.9. The molecule has 0 spiro atoms. The fourth-order valence-electron chi connectivity index (χ4n) is 1.72. The van der Waals surface area contributed by atoms with Crippen LogP contribution in [0.2, 0.25) is 10.0 Å². The Balaban J connectivity index is 2.52. The number of hydrogen-bond acceptors (Lipinski definition) is 3. The molecule has 1 aromatic carbocycles. The molecule has 0 aliphatic heterocycles. The molecule has 1 aromatic heterocycles. The highest BCUT2D eigenvalue weighted by Crippen LogP contribution is 2.39. The first kappa shape index (κ1) is 13.1. The van der Waals surface area contributed by atoms with Crippen molar-refractivity contribution in [2.24, 2.45) is 0 Å². The number of aliphatic hydroxyl groups is 1. The Hall–Kier alpha value is -1.29. The third kappa shape index (κ3) is 2.43. The Morgan fingerprint density at radius 1 is 1.22 bits per heavy atom. The van der Waals surface area contributed by atoms with Gasteiger partial charge in [0.25, 0.3) is 0 Å². The molecule has 1 atom stereocenters. The first-order valence-corrected chi connectivity index (χ1v) is 6.03. The number of aromatic nitrogens is 1. The van der Waals surface area contributed by atoms with Gasteiger partial charge in [0, 0.05) is 17.5 Å². The quantitative estimate of drug-likeness (QED) is 0.887. The molecule has 2 N–H and O–H groups in total. The molecule has 2 rings (SSSR count). The minimum absolute atomic E-state index is 0.0913. The first-order valence-electron chi connectivity index (χ1n) is 5.28. The van der Waals surface area contributed by atoms with Crippen LogP contribution in [0.1, 0.15) is 22.9 Å². The van der Waals surface area contributed by atoms with E-state index in [0.717, 1.165) is 5.69 Å². The van der Waals surface area contributed by atoms with Crippen molar-refractivity contribution in [3.8, 4) is 5.75 Å². The van der Waals surface area contributed by atoms with Gasteiger partial charge in [-0.05, 0) is 36.8 Å². The number of benzene rings is 1. The van der Waals surface area contributed by atoms with Gasteiger partial charge >= 0.3 is 0 Å². The Kier molecular flexibility index (Phi) is 3.76. The van der Waals surface area contributed by atoms with Crippen molar-refractivity contribution in [1.82, 2.24) is 4.98 Å². The molecule has 2 aromatic rings. The predicted molar refractivity (Wildman–Crippen MR) is 71.2 cm³/mol. The standard InChI is InChI=1S/C13H11Cl2NO2/c1-7-6-8(4-5-16-7)13(18)11-10(17)3-2-9(14)12(11)15/h2-6,13,17-18H,1H3. The predicted octanol–water partition coefficient (Wildman–Crippen LogP) is 3.48. The highest BCUT2D eigenvalue weighted by molar-refractivity contribution is 6.42. The SMILES string of the molecule is Cc1cc(C(O)c2c(O)ccc(Cl)c2Cl)ccn1. The van der Waals surface area contributed by atoms with E-state index in [2.05, 4.69) is 4.98 Å². The third-order valence-electron chi connectivity index (χ3n) is 2.62. The summed E-state index contributed by atoms with van der Waals surface area (Å²) in [5, 5.41) is 20.5.